The third kappa shape index (κ3) is 5.23. The Balaban J connectivity index is 3.69. The number of nitrogens with one attached hydrogen (secondary N) is 1. The van der Waals surface area contributed by atoms with Crippen molar-refractivity contribution < 1.29 is 9.90 Å². The average Bonchev–Trinajstić information content (AvgIpc) is 2.13. The number of carbonyl (C=O) groups is 1. The largest absolute Gasteiger partial charge is 0.396 e. The molecule has 4 N–H and O–H groups in total. The van der Waals surface area contributed by atoms with Crippen LogP contribution in [0.3, 0.4) is 0 Å². The van der Waals surface area contributed by atoms with Crippen molar-refractivity contribution in [3.63, 3.8) is 0 Å². The summed E-state index contributed by atoms with van der Waals surface area (Å²) in [6.07, 6.45) is 5.23. The minimum absolute atomic E-state index is 0.0435. The zero-order chi connectivity index (χ0) is 10.3. The summed E-state index contributed by atoms with van der Waals surface area (Å²) in [5, 5.41) is 11.3. The van der Waals surface area contributed by atoms with E-state index < -0.39 is 6.04 Å². The Morgan fingerprint density at radius 1 is 1.77 bits per heavy atom. The first-order valence-electron chi connectivity index (χ1n) is 4.19. The van der Waals surface area contributed by atoms with Gasteiger partial charge in [-0.1, -0.05) is 6.92 Å². The molecule has 1 amide bonds. The van der Waals surface area contributed by atoms with Crippen molar-refractivity contribution in [2.24, 2.45) is 11.7 Å². The van der Waals surface area contributed by atoms with Crippen LogP contribution in [0.25, 0.3) is 0 Å². The van der Waals surface area contributed by atoms with E-state index in [0.29, 0.717) is 6.54 Å². The SMILES string of the molecule is C#CCC(N)C(=O)NCC(C)CO. The van der Waals surface area contributed by atoms with Gasteiger partial charge in [-0.05, 0) is 5.92 Å². The Hall–Kier alpha value is -1.05. The molecule has 0 aliphatic heterocycles. The van der Waals surface area contributed by atoms with Crippen LogP contribution in [0.5, 0.6) is 0 Å². The molecule has 74 valence electrons. The van der Waals surface area contributed by atoms with Gasteiger partial charge in [-0.25, -0.2) is 0 Å². The molecular formula is C9H16N2O2. The van der Waals surface area contributed by atoms with Crippen LogP contribution in [0.1, 0.15) is 13.3 Å². The molecule has 0 rings (SSSR count). The van der Waals surface area contributed by atoms with Crippen molar-refractivity contribution in [1.82, 2.24) is 5.32 Å². The standard InChI is InChI=1S/C9H16N2O2/c1-3-4-8(10)9(13)11-5-7(2)6-12/h1,7-8,12H,4-6,10H2,2H3,(H,11,13). The van der Waals surface area contributed by atoms with Gasteiger partial charge in [0.05, 0.1) is 6.04 Å². The van der Waals surface area contributed by atoms with Crippen molar-refractivity contribution in [3.05, 3.63) is 0 Å². The van der Waals surface area contributed by atoms with E-state index in [1.54, 1.807) is 0 Å². The molecule has 0 fully saturated rings. The van der Waals surface area contributed by atoms with Gasteiger partial charge in [0.25, 0.3) is 0 Å². The average molecular weight is 184 g/mol. The Morgan fingerprint density at radius 2 is 2.38 bits per heavy atom. The number of hydrogen-bond acceptors (Lipinski definition) is 3. The van der Waals surface area contributed by atoms with E-state index in [1.165, 1.54) is 0 Å². The van der Waals surface area contributed by atoms with Gasteiger partial charge in [0.1, 0.15) is 0 Å². The van der Waals surface area contributed by atoms with E-state index in [-0.39, 0.29) is 24.9 Å². The lowest BCUT2D eigenvalue weighted by atomic mass is 10.2. The number of aliphatic hydroxyl groups excluding tert-OH is 1. The van der Waals surface area contributed by atoms with Gasteiger partial charge in [-0.3, -0.25) is 4.79 Å². The molecule has 0 radical (unpaired) electrons. The van der Waals surface area contributed by atoms with Crippen LogP contribution in [-0.4, -0.2) is 30.2 Å². The second kappa shape index (κ2) is 6.46. The molecule has 0 aliphatic carbocycles. The maximum Gasteiger partial charge on any atom is 0.237 e. The van der Waals surface area contributed by atoms with E-state index in [1.807, 2.05) is 6.92 Å². The first-order valence-corrected chi connectivity index (χ1v) is 4.19. The fourth-order valence-electron chi connectivity index (χ4n) is 0.690. The van der Waals surface area contributed by atoms with E-state index in [9.17, 15) is 4.79 Å². The smallest absolute Gasteiger partial charge is 0.237 e. The number of nitrogens with two attached hydrogens (primary N) is 1. The highest BCUT2D eigenvalue weighted by molar-refractivity contribution is 5.81. The van der Waals surface area contributed by atoms with Gasteiger partial charge in [0.2, 0.25) is 5.91 Å². The summed E-state index contributed by atoms with van der Waals surface area (Å²) in [6.45, 7) is 2.30. The van der Waals surface area contributed by atoms with Crippen molar-refractivity contribution in [2.75, 3.05) is 13.2 Å². The Kier molecular flexibility index (Phi) is 5.94. The van der Waals surface area contributed by atoms with Crippen molar-refractivity contribution in [1.29, 1.82) is 0 Å². The Labute approximate surface area is 78.5 Å². The fourth-order valence-corrected chi connectivity index (χ4v) is 0.690. The minimum atomic E-state index is -0.643. The summed E-state index contributed by atoms with van der Waals surface area (Å²) in [5.74, 6) is 2.09. The quantitative estimate of drug-likeness (QED) is 0.484. The molecule has 0 aromatic heterocycles. The number of amides is 1. The lowest BCUT2D eigenvalue weighted by Gasteiger charge is -2.12. The highest BCUT2D eigenvalue weighted by Gasteiger charge is 2.11. The summed E-state index contributed by atoms with van der Waals surface area (Å²) in [6, 6.07) is -0.643. The first kappa shape index (κ1) is 11.9. The minimum Gasteiger partial charge on any atom is -0.396 e. The highest BCUT2D eigenvalue weighted by atomic mass is 16.3. The van der Waals surface area contributed by atoms with E-state index in [4.69, 9.17) is 17.3 Å². The lowest BCUT2D eigenvalue weighted by Crippen LogP contribution is -2.42. The second-order valence-electron chi connectivity index (χ2n) is 3.05. The van der Waals surface area contributed by atoms with E-state index >= 15 is 0 Å². The number of terminal acetylenes is 1. The van der Waals surface area contributed by atoms with Gasteiger partial charge in [-0.15, -0.1) is 12.3 Å². The van der Waals surface area contributed by atoms with Gasteiger partial charge in [0.15, 0.2) is 0 Å². The van der Waals surface area contributed by atoms with E-state index in [2.05, 4.69) is 11.2 Å². The molecular weight excluding hydrogens is 168 g/mol. The molecule has 4 heteroatoms. The van der Waals surface area contributed by atoms with Crippen LogP contribution >= 0.6 is 0 Å². The molecule has 0 aromatic rings. The third-order valence-electron chi connectivity index (χ3n) is 1.61. The van der Waals surface area contributed by atoms with Crippen molar-refractivity contribution >= 4 is 5.91 Å². The van der Waals surface area contributed by atoms with E-state index in [0.717, 1.165) is 0 Å². The van der Waals surface area contributed by atoms with Gasteiger partial charge in [-0.2, -0.15) is 0 Å². The highest BCUT2D eigenvalue weighted by Crippen LogP contribution is 1.91. The first-order chi connectivity index (χ1) is 6.11. The molecule has 4 nitrogen and oxygen atoms in total. The predicted octanol–water partition coefficient (Wildman–Crippen LogP) is -0.918. The van der Waals surface area contributed by atoms with Crippen molar-refractivity contribution in [2.45, 2.75) is 19.4 Å². The number of carbonyl (C=O) groups excluding carboxylic acids is 1. The van der Waals surface area contributed by atoms with Crippen LogP contribution < -0.4 is 11.1 Å². The fraction of sp³-hybridized carbons (Fsp3) is 0.667. The zero-order valence-electron chi connectivity index (χ0n) is 7.79. The summed E-state index contributed by atoms with van der Waals surface area (Å²) in [7, 11) is 0. The molecule has 0 aromatic carbocycles. The second-order valence-corrected chi connectivity index (χ2v) is 3.05. The van der Waals surface area contributed by atoms with Crippen LogP contribution in [0.15, 0.2) is 0 Å². The Morgan fingerprint density at radius 3 is 2.85 bits per heavy atom. The molecule has 0 aliphatic rings. The molecule has 0 spiro atoms. The molecule has 2 atom stereocenters. The molecule has 0 saturated heterocycles. The predicted molar refractivity (Wildman–Crippen MR) is 50.7 cm³/mol. The summed E-state index contributed by atoms with van der Waals surface area (Å²) < 4.78 is 0. The van der Waals surface area contributed by atoms with Crippen molar-refractivity contribution in [3.8, 4) is 12.3 Å². The molecule has 2 unspecified atom stereocenters. The van der Waals surface area contributed by atoms with Gasteiger partial charge >= 0.3 is 0 Å². The van der Waals surface area contributed by atoms with Crippen LogP contribution in [0.2, 0.25) is 0 Å². The molecule has 0 heterocycles. The van der Waals surface area contributed by atoms with Crippen LogP contribution in [-0.2, 0) is 4.79 Å². The van der Waals surface area contributed by atoms with Crippen LogP contribution in [0.4, 0.5) is 0 Å². The van der Waals surface area contributed by atoms with Crippen LogP contribution in [0, 0.1) is 18.3 Å². The van der Waals surface area contributed by atoms with Gasteiger partial charge in [0, 0.05) is 19.6 Å². The maximum atomic E-state index is 11.1. The molecule has 13 heavy (non-hydrogen) atoms. The normalized spacial score (nSPS) is 14.3. The number of rotatable bonds is 5. The molecule has 0 saturated carbocycles. The summed E-state index contributed by atoms with van der Waals surface area (Å²) in [5.41, 5.74) is 5.44. The summed E-state index contributed by atoms with van der Waals surface area (Å²) >= 11 is 0. The maximum absolute atomic E-state index is 11.1. The lowest BCUT2D eigenvalue weighted by molar-refractivity contribution is -0.122. The monoisotopic (exact) mass is 184 g/mol. The molecule has 0 bridgehead atoms. The third-order valence-corrected chi connectivity index (χ3v) is 1.61. The zero-order valence-corrected chi connectivity index (χ0v) is 7.79. The Bertz CT molecular complexity index is 198. The number of aliphatic hydroxyl groups is 1. The topological polar surface area (TPSA) is 75.4 Å². The van der Waals surface area contributed by atoms with Gasteiger partial charge < -0.3 is 16.2 Å². The number of hydrogen-bond donors (Lipinski definition) is 3. The summed E-state index contributed by atoms with van der Waals surface area (Å²) in [4.78, 5) is 11.1.